The van der Waals surface area contributed by atoms with Crippen molar-refractivity contribution in [2.45, 2.75) is 0 Å². The summed E-state index contributed by atoms with van der Waals surface area (Å²) < 4.78 is 3.86. The highest BCUT2D eigenvalue weighted by atomic mass is 32.1. The molecule has 0 N–H and O–H groups in total. The highest BCUT2D eigenvalue weighted by molar-refractivity contribution is 7.32. The molecule has 3 aromatic heterocycles. The van der Waals surface area contributed by atoms with E-state index in [9.17, 15) is 0 Å². The lowest BCUT2D eigenvalue weighted by atomic mass is 10.1. The second-order valence-corrected chi connectivity index (χ2v) is 12.7. The van der Waals surface area contributed by atoms with Gasteiger partial charge in [-0.15, -0.1) is 22.7 Å². The number of thiophene rings is 1. The molecule has 0 unspecified atom stereocenters. The molecule has 9 aromatic rings. The monoisotopic (exact) mass is 598 g/mol. The van der Waals surface area contributed by atoms with Crippen molar-refractivity contribution in [1.82, 2.24) is 19.9 Å². The molecule has 0 amide bonds. The van der Waals surface area contributed by atoms with E-state index in [0.29, 0.717) is 17.5 Å². The van der Waals surface area contributed by atoms with Crippen LogP contribution in [0.1, 0.15) is 0 Å². The summed E-state index contributed by atoms with van der Waals surface area (Å²) in [5, 5.41) is 6.16. The summed E-state index contributed by atoms with van der Waals surface area (Å²) in [7, 11) is 0. The van der Waals surface area contributed by atoms with E-state index in [1.54, 1.807) is 11.3 Å². The van der Waals surface area contributed by atoms with Crippen LogP contribution >= 0.6 is 22.7 Å². The van der Waals surface area contributed by atoms with E-state index in [4.69, 9.17) is 19.9 Å². The zero-order valence-corrected chi connectivity index (χ0v) is 24.9. The lowest BCUT2D eigenvalue weighted by molar-refractivity contribution is 1.07. The second kappa shape index (κ2) is 10.2. The SMILES string of the molecule is c1ccc(-c2nc(-c3ccccc3)nc(-c3cccc(-c4nc5ccc6c7ccc8ccccc8c7sc6c5s4)c3)n2)cc1. The zero-order chi connectivity index (χ0) is 29.0. The Morgan fingerprint density at radius 2 is 0.955 bits per heavy atom. The van der Waals surface area contributed by atoms with Gasteiger partial charge in [-0.1, -0.05) is 121 Å². The zero-order valence-electron chi connectivity index (χ0n) is 23.3. The van der Waals surface area contributed by atoms with E-state index in [2.05, 4.69) is 72.8 Å². The van der Waals surface area contributed by atoms with E-state index in [-0.39, 0.29) is 0 Å². The van der Waals surface area contributed by atoms with Crippen LogP contribution in [0.3, 0.4) is 0 Å². The molecule has 6 heteroatoms. The third-order valence-corrected chi connectivity index (χ3v) is 10.5. The molecular weight excluding hydrogens is 577 g/mol. The summed E-state index contributed by atoms with van der Waals surface area (Å²) in [6.45, 7) is 0. The summed E-state index contributed by atoms with van der Waals surface area (Å²) in [5.41, 5.74) is 4.91. The fourth-order valence-corrected chi connectivity index (χ4v) is 8.33. The van der Waals surface area contributed by atoms with Gasteiger partial charge in [0.25, 0.3) is 0 Å². The van der Waals surface area contributed by atoms with Gasteiger partial charge in [-0.25, -0.2) is 19.9 Å². The first-order chi connectivity index (χ1) is 21.8. The van der Waals surface area contributed by atoms with Gasteiger partial charge < -0.3 is 0 Å². The van der Waals surface area contributed by atoms with Gasteiger partial charge in [0, 0.05) is 37.7 Å². The quantitative estimate of drug-likeness (QED) is 0.202. The predicted octanol–water partition coefficient (Wildman–Crippen LogP) is 10.7. The Balaban J connectivity index is 1.18. The van der Waals surface area contributed by atoms with Gasteiger partial charge in [-0.05, 0) is 22.9 Å². The Kier molecular flexibility index (Phi) is 5.82. The molecule has 0 aliphatic rings. The van der Waals surface area contributed by atoms with Crippen LogP contribution < -0.4 is 0 Å². The largest absolute Gasteiger partial charge is 0.236 e. The van der Waals surface area contributed by atoms with Gasteiger partial charge in [-0.3, -0.25) is 0 Å². The van der Waals surface area contributed by atoms with Crippen molar-refractivity contribution in [1.29, 1.82) is 0 Å². The predicted molar refractivity (Wildman–Crippen MR) is 185 cm³/mol. The molecule has 0 bridgehead atoms. The van der Waals surface area contributed by atoms with E-state index in [1.807, 2.05) is 72.0 Å². The fourth-order valence-electron chi connectivity index (χ4n) is 5.80. The van der Waals surface area contributed by atoms with Crippen molar-refractivity contribution in [2.24, 2.45) is 0 Å². The summed E-state index contributed by atoms with van der Waals surface area (Å²) in [4.78, 5) is 19.8. The molecule has 0 saturated carbocycles. The minimum atomic E-state index is 0.638. The maximum atomic E-state index is 5.10. The van der Waals surface area contributed by atoms with Crippen molar-refractivity contribution in [3.63, 3.8) is 0 Å². The van der Waals surface area contributed by atoms with E-state index < -0.39 is 0 Å². The van der Waals surface area contributed by atoms with Crippen molar-refractivity contribution >= 4 is 63.8 Å². The number of nitrogens with zero attached hydrogens (tertiary/aromatic N) is 4. The maximum absolute atomic E-state index is 5.10. The molecular formula is C38H22N4S2. The highest BCUT2D eigenvalue weighted by Gasteiger charge is 2.17. The van der Waals surface area contributed by atoms with E-state index >= 15 is 0 Å². The van der Waals surface area contributed by atoms with Crippen LogP contribution in [0.5, 0.6) is 0 Å². The Morgan fingerprint density at radius 3 is 1.70 bits per heavy atom. The first-order valence-electron chi connectivity index (χ1n) is 14.4. The molecule has 3 heterocycles. The lowest BCUT2D eigenvalue weighted by Crippen LogP contribution is -2.00. The van der Waals surface area contributed by atoms with Crippen LogP contribution in [-0.4, -0.2) is 19.9 Å². The van der Waals surface area contributed by atoms with Crippen molar-refractivity contribution in [3.05, 3.63) is 133 Å². The first-order valence-corrected chi connectivity index (χ1v) is 16.0. The molecule has 0 radical (unpaired) electrons. The van der Waals surface area contributed by atoms with Gasteiger partial charge in [0.1, 0.15) is 5.01 Å². The van der Waals surface area contributed by atoms with Crippen molar-refractivity contribution in [3.8, 4) is 44.7 Å². The number of rotatable bonds is 4. The fraction of sp³-hybridized carbons (Fsp3) is 0. The van der Waals surface area contributed by atoms with E-state index in [1.165, 1.54) is 35.6 Å². The topological polar surface area (TPSA) is 51.6 Å². The summed E-state index contributed by atoms with van der Waals surface area (Å²) in [6, 6.07) is 46.0. The molecule has 44 heavy (non-hydrogen) atoms. The number of thiazole rings is 1. The lowest BCUT2D eigenvalue weighted by Gasteiger charge is -2.09. The normalized spacial score (nSPS) is 11.6. The third kappa shape index (κ3) is 4.19. The number of aromatic nitrogens is 4. The van der Waals surface area contributed by atoms with Crippen molar-refractivity contribution in [2.75, 3.05) is 0 Å². The number of benzene rings is 6. The summed E-state index contributed by atoms with van der Waals surface area (Å²) in [5.74, 6) is 1.94. The number of hydrogen-bond donors (Lipinski definition) is 0. The van der Waals surface area contributed by atoms with Crippen LogP contribution in [0.2, 0.25) is 0 Å². The van der Waals surface area contributed by atoms with Gasteiger partial charge in [-0.2, -0.15) is 0 Å². The summed E-state index contributed by atoms with van der Waals surface area (Å²) in [6.07, 6.45) is 0. The van der Waals surface area contributed by atoms with Crippen LogP contribution in [0.15, 0.2) is 133 Å². The average molecular weight is 599 g/mol. The standard InChI is InChI=1S/C38H22N4S2/c1-3-11-24(12-4-1)35-40-36(25-13-5-2-6-14-25)42-37(41-35)26-15-9-16-27(22-26)38-39-31-21-20-30-29-19-18-23-10-7-8-17-28(23)32(29)43-33(30)34(31)44-38/h1-22H. The Labute approximate surface area is 261 Å². The van der Waals surface area contributed by atoms with Gasteiger partial charge in [0.2, 0.25) is 0 Å². The highest BCUT2D eigenvalue weighted by Crippen LogP contribution is 2.44. The Hall–Kier alpha value is -5.30. The first kappa shape index (κ1) is 25.2. The molecule has 9 rings (SSSR count). The van der Waals surface area contributed by atoms with Crippen LogP contribution in [0, 0.1) is 0 Å². The molecule has 6 aromatic carbocycles. The van der Waals surface area contributed by atoms with Gasteiger partial charge in [0.15, 0.2) is 17.5 Å². The second-order valence-electron chi connectivity index (χ2n) is 10.7. The van der Waals surface area contributed by atoms with E-state index in [0.717, 1.165) is 32.8 Å². The molecule has 4 nitrogen and oxygen atoms in total. The molecule has 0 spiro atoms. The molecule has 0 atom stereocenters. The Morgan fingerprint density at radius 1 is 0.364 bits per heavy atom. The molecule has 0 fully saturated rings. The molecule has 0 saturated heterocycles. The minimum Gasteiger partial charge on any atom is -0.236 e. The molecule has 0 aliphatic heterocycles. The van der Waals surface area contributed by atoms with Gasteiger partial charge in [0.05, 0.1) is 14.9 Å². The van der Waals surface area contributed by atoms with Crippen LogP contribution in [-0.2, 0) is 0 Å². The van der Waals surface area contributed by atoms with Gasteiger partial charge >= 0.3 is 0 Å². The Bertz CT molecular complexity index is 2440. The smallest absolute Gasteiger partial charge is 0.164 e. The van der Waals surface area contributed by atoms with Crippen molar-refractivity contribution < 1.29 is 0 Å². The molecule has 0 aliphatic carbocycles. The maximum Gasteiger partial charge on any atom is 0.164 e. The van der Waals surface area contributed by atoms with Crippen LogP contribution in [0.25, 0.3) is 85.9 Å². The van der Waals surface area contributed by atoms with Crippen LogP contribution in [0.4, 0.5) is 0 Å². The summed E-state index contributed by atoms with van der Waals surface area (Å²) >= 11 is 3.62. The molecule has 206 valence electrons. The minimum absolute atomic E-state index is 0.638. The number of fused-ring (bicyclic) bond motifs is 7. The third-order valence-electron chi connectivity index (χ3n) is 7.95. The number of hydrogen-bond acceptors (Lipinski definition) is 6. The average Bonchev–Trinajstić information content (AvgIpc) is 3.71.